The fourth-order valence-electron chi connectivity index (χ4n) is 1.80. The van der Waals surface area contributed by atoms with E-state index in [1.54, 1.807) is 12.1 Å². The number of unbranched alkanes of at least 4 members (excludes halogenated alkanes) is 1. The maximum absolute atomic E-state index is 12.1. The van der Waals surface area contributed by atoms with Crippen LogP contribution in [0.2, 0.25) is 0 Å². The molecule has 1 amide bonds. The summed E-state index contributed by atoms with van der Waals surface area (Å²) in [6.07, 6.45) is 1.28. The summed E-state index contributed by atoms with van der Waals surface area (Å²) in [7, 11) is -3.64. The number of benzene rings is 1. The molecule has 0 saturated heterocycles. The molecule has 92 valence electrons. The topological polar surface area (TPSA) is 54.5 Å². The van der Waals surface area contributed by atoms with E-state index in [1.165, 1.54) is 12.1 Å². The Morgan fingerprint density at radius 2 is 1.88 bits per heavy atom. The number of hydrogen-bond acceptors (Lipinski definition) is 3. The van der Waals surface area contributed by atoms with Crippen molar-refractivity contribution in [1.29, 1.82) is 0 Å². The summed E-state index contributed by atoms with van der Waals surface area (Å²) >= 11 is 5.53. The lowest BCUT2D eigenvalue weighted by Crippen LogP contribution is -2.31. The molecule has 1 aromatic carbocycles. The number of nitrogens with zero attached hydrogens (tertiary/aromatic N) is 1. The van der Waals surface area contributed by atoms with Crippen molar-refractivity contribution in [3.8, 4) is 0 Å². The van der Waals surface area contributed by atoms with E-state index in [-0.39, 0.29) is 17.0 Å². The maximum atomic E-state index is 12.1. The van der Waals surface area contributed by atoms with Gasteiger partial charge in [0.1, 0.15) is 4.90 Å². The van der Waals surface area contributed by atoms with Crippen LogP contribution in [0, 0.1) is 0 Å². The molecule has 0 atom stereocenters. The van der Waals surface area contributed by atoms with Crippen LogP contribution in [0.1, 0.15) is 23.2 Å². The SMILES string of the molecule is O=C1c2ccccc2S(=O)(=O)N1CCCCCl. The molecule has 0 saturated carbocycles. The second kappa shape index (κ2) is 4.66. The van der Waals surface area contributed by atoms with Crippen LogP contribution < -0.4 is 0 Å². The smallest absolute Gasteiger partial charge is 0.268 e. The fourth-order valence-corrected chi connectivity index (χ4v) is 3.60. The molecule has 0 bridgehead atoms. The van der Waals surface area contributed by atoms with E-state index < -0.39 is 15.9 Å². The molecule has 17 heavy (non-hydrogen) atoms. The van der Waals surface area contributed by atoms with Crippen molar-refractivity contribution in [3.05, 3.63) is 29.8 Å². The molecule has 4 nitrogen and oxygen atoms in total. The van der Waals surface area contributed by atoms with Crippen molar-refractivity contribution in [2.75, 3.05) is 12.4 Å². The quantitative estimate of drug-likeness (QED) is 0.621. The van der Waals surface area contributed by atoms with Crippen molar-refractivity contribution in [2.24, 2.45) is 0 Å². The molecule has 1 heterocycles. The van der Waals surface area contributed by atoms with Gasteiger partial charge in [-0.2, -0.15) is 0 Å². The number of sulfonamides is 1. The van der Waals surface area contributed by atoms with Crippen LogP contribution in [0.25, 0.3) is 0 Å². The number of hydrogen-bond donors (Lipinski definition) is 0. The molecule has 0 spiro atoms. The normalized spacial score (nSPS) is 17.2. The molecule has 1 aliphatic heterocycles. The van der Waals surface area contributed by atoms with Gasteiger partial charge in [-0.05, 0) is 25.0 Å². The van der Waals surface area contributed by atoms with Crippen LogP contribution in [-0.2, 0) is 10.0 Å². The highest BCUT2D eigenvalue weighted by Crippen LogP contribution is 2.29. The van der Waals surface area contributed by atoms with E-state index in [0.717, 1.165) is 4.31 Å². The van der Waals surface area contributed by atoms with Gasteiger partial charge in [0.15, 0.2) is 0 Å². The Labute approximate surface area is 105 Å². The molecule has 0 N–H and O–H groups in total. The van der Waals surface area contributed by atoms with E-state index in [0.29, 0.717) is 18.7 Å². The van der Waals surface area contributed by atoms with Crippen molar-refractivity contribution in [2.45, 2.75) is 17.7 Å². The molecule has 6 heteroatoms. The van der Waals surface area contributed by atoms with Gasteiger partial charge in [0.25, 0.3) is 15.9 Å². The molecular formula is C11H12ClNO3S. The molecule has 0 radical (unpaired) electrons. The lowest BCUT2D eigenvalue weighted by Gasteiger charge is -2.14. The number of fused-ring (bicyclic) bond motifs is 1. The molecule has 2 rings (SSSR count). The van der Waals surface area contributed by atoms with Crippen LogP contribution in [0.5, 0.6) is 0 Å². The third-order valence-corrected chi connectivity index (χ3v) is 4.76. The number of amides is 1. The Hall–Kier alpha value is -1.07. The Morgan fingerprint density at radius 3 is 2.53 bits per heavy atom. The minimum Gasteiger partial charge on any atom is -0.268 e. The first-order valence-electron chi connectivity index (χ1n) is 5.31. The van der Waals surface area contributed by atoms with Crippen LogP contribution >= 0.6 is 11.6 Å². The number of alkyl halides is 1. The summed E-state index contributed by atoms with van der Waals surface area (Å²) in [6.45, 7) is 0.197. The standard InChI is InChI=1S/C11H12ClNO3S/c12-7-3-4-8-13-11(14)9-5-1-2-6-10(9)17(13,15)16/h1-2,5-6H,3-4,7-8H2. The Balaban J connectivity index is 2.31. The van der Waals surface area contributed by atoms with E-state index in [9.17, 15) is 13.2 Å². The van der Waals surface area contributed by atoms with E-state index in [1.807, 2.05) is 0 Å². The third-order valence-electron chi connectivity index (χ3n) is 2.66. The van der Waals surface area contributed by atoms with Gasteiger partial charge in [0, 0.05) is 12.4 Å². The highest BCUT2D eigenvalue weighted by atomic mass is 35.5. The van der Waals surface area contributed by atoms with Gasteiger partial charge in [-0.1, -0.05) is 12.1 Å². The van der Waals surface area contributed by atoms with E-state index in [2.05, 4.69) is 0 Å². The lowest BCUT2D eigenvalue weighted by molar-refractivity contribution is 0.0870. The fraction of sp³-hybridized carbons (Fsp3) is 0.364. The van der Waals surface area contributed by atoms with Crippen LogP contribution in [0.15, 0.2) is 29.2 Å². The largest absolute Gasteiger partial charge is 0.269 e. The number of rotatable bonds is 4. The van der Waals surface area contributed by atoms with Gasteiger partial charge in [-0.15, -0.1) is 11.6 Å². The van der Waals surface area contributed by atoms with E-state index in [4.69, 9.17) is 11.6 Å². The molecular weight excluding hydrogens is 262 g/mol. The summed E-state index contributed by atoms with van der Waals surface area (Å²) in [5, 5.41) is 0. The van der Waals surface area contributed by atoms with Gasteiger partial charge in [0.2, 0.25) is 0 Å². The first-order chi connectivity index (χ1) is 8.09. The number of carbonyl (C=O) groups excluding carboxylic acids is 1. The third kappa shape index (κ3) is 2.05. The van der Waals surface area contributed by atoms with Crippen molar-refractivity contribution >= 4 is 27.5 Å². The molecule has 1 aromatic rings. The average molecular weight is 274 g/mol. The molecule has 0 aromatic heterocycles. The van der Waals surface area contributed by atoms with Gasteiger partial charge in [0.05, 0.1) is 5.56 Å². The Kier molecular flexibility index (Phi) is 3.40. The van der Waals surface area contributed by atoms with Gasteiger partial charge in [-0.25, -0.2) is 12.7 Å². The summed E-state index contributed by atoms with van der Waals surface area (Å²) in [5.41, 5.74) is 0.262. The second-order valence-corrected chi connectivity index (χ2v) is 5.98. The maximum Gasteiger partial charge on any atom is 0.269 e. The van der Waals surface area contributed by atoms with Crippen molar-refractivity contribution in [1.82, 2.24) is 4.31 Å². The Bertz CT molecular complexity index is 541. The second-order valence-electron chi connectivity index (χ2n) is 3.77. The monoisotopic (exact) mass is 273 g/mol. The van der Waals surface area contributed by atoms with Crippen LogP contribution in [0.3, 0.4) is 0 Å². The minimum atomic E-state index is -3.64. The highest BCUT2D eigenvalue weighted by molar-refractivity contribution is 7.90. The molecule has 1 aliphatic rings. The predicted octanol–water partition coefficient (Wildman–Crippen LogP) is 1.85. The summed E-state index contributed by atoms with van der Waals surface area (Å²) in [6, 6.07) is 6.28. The molecule has 0 fully saturated rings. The summed E-state index contributed by atoms with van der Waals surface area (Å²) in [5.74, 6) is 0.0323. The Morgan fingerprint density at radius 1 is 1.18 bits per heavy atom. The molecule has 0 unspecified atom stereocenters. The highest BCUT2D eigenvalue weighted by Gasteiger charge is 2.40. The zero-order chi connectivity index (χ0) is 12.5. The van der Waals surface area contributed by atoms with Crippen molar-refractivity contribution < 1.29 is 13.2 Å². The van der Waals surface area contributed by atoms with Gasteiger partial charge in [-0.3, -0.25) is 4.79 Å². The first-order valence-corrected chi connectivity index (χ1v) is 7.28. The van der Waals surface area contributed by atoms with Crippen molar-refractivity contribution in [3.63, 3.8) is 0 Å². The first kappa shape index (κ1) is 12.4. The van der Waals surface area contributed by atoms with Crippen LogP contribution in [0.4, 0.5) is 0 Å². The zero-order valence-corrected chi connectivity index (χ0v) is 10.7. The molecule has 0 aliphatic carbocycles. The minimum absolute atomic E-state index is 0.107. The van der Waals surface area contributed by atoms with Crippen LogP contribution in [-0.4, -0.2) is 31.1 Å². The van der Waals surface area contributed by atoms with E-state index >= 15 is 0 Å². The lowest BCUT2D eigenvalue weighted by atomic mass is 10.2. The summed E-state index contributed by atoms with van der Waals surface area (Å²) in [4.78, 5) is 12.0. The number of carbonyl (C=O) groups is 1. The van der Waals surface area contributed by atoms with Gasteiger partial charge < -0.3 is 0 Å². The zero-order valence-electron chi connectivity index (χ0n) is 9.10. The van der Waals surface area contributed by atoms with Gasteiger partial charge >= 0.3 is 0 Å². The number of halogens is 1. The summed E-state index contributed by atoms with van der Waals surface area (Å²) < 4.78 is 25.1. The average Bonchev–Trinajstić information content (AvgIpc) is 2.51. The predicted molar refractivity (Wildman–Crippen MR) is 64.6 cm³/mol.